The molecule has 0 radical (unpaired) electrons. The Labute approximate surface area is 95.6 Å². The maximum absolute atomic E-state index is 11.3. The van der Waals surface area contributed by atoms with Crippen LogP contribution >= 0.6 is 0 Å². The number of carbonyl (C=O) groups excluding carboxylic acids is 1. The standard InChI is InChI=1S/C13H16N2O/c1-9(2)11-8-12(16)14-15-13(11)10-6-4-3-5-7-10/h3-7,9,11H,8H2,1-2H3,(H,14,16). The molecular weight excluding hydrogens is 200 g/mol. The zero-order valence-electron chi connectivity index (χ0n) is 9.60. The Morgan fingerprint density at radius 1 is 1.31 bits per heavy atom. The van der Waals surface area contributed by atoms with E-state index >= 15 is 0 Å². The van der Waals surface area contributed by atoms with Gasteiger partial charge in [-0.3, -0.25) is 4.79 Å². The fourth-order valence-electron chi connectivity index (χ4n) is 1.99. The van der Waals surface area contributed by atoms with E-state index in [2.05, 4.69) is 24.4 Å². The Morgan fingerprint density at radius 2 is 2.00 bits per heavy atom. The highest BCUT2D eigenvalue weighted by Crippen LogP contribution is 2.23. The number of nitrogens with zero attached hydrogens (tertiary/aromatic N) is 1. The highest BCUT2D eigenvalue weighted by molar-refractivity contribution is 6.05. The molecule has 0 fully saturated rings. The molecule has 16 heavy (non-hydrogen) atoms. The summed E-state index contributed by atoms with van der Waals surface area (Å²) in [6.07, 6.45) is 0.533. The predicted molar refractivity (Wildman–Crippen MR) is 64.1 cm³/mol. The number of hydrazone groups is 1. The molecule has 3 nitrogen and oxygen atoms in total. The molecular formula is C13H16N2O. The fourth-order valence-corrected chi connectivity index (χ4v) is 1.99. The number of rotatable bonds is 2. The normalized spacial score (nSPS) is 20.6. The topological polar surface area (TPSA) is 41.5 Å². The van der Waals surface area contributed by atoms with Gasteiger partial charge in [0.25, 0.3) is 0 Å². The van der Waals surface area contributed by atoms with E-state index in [1.54, 1.807) is 0 Å². The molecule has 1 aromatic rings. The third-order valence-electron chi connectivity index (χ3n) is 2.93. The van der Waals surface area contributed by atoms with E-state index in [1.165, 1.54) is 0 Å². The number of nitrogens with one attached hydrogen (secondary N) is 1. The second kappa shape index (κ2) is 4.47. The first-order valence-electron chi connectivity index (χ1n) is 5.60. The van der Waals surface area contributed by atoms with Crippen LogP contribution in [0.3, 0.4) is 0 Å². The Kier molecular flexibility index (Phi) is 3.04. The lowest BCUT2D eigenvalue weighted by Gasteiger charge is -2.25. The summed E-state index contributed by atoms with van der Waals surface area (Å²) in [5, 5.41) is 4.20. The summed E-state index contributed by atoms with van der Waals surface area (Å²) in [6, 6.07) is 10.0. The van der Waals surface area contributed by atoms with E-state index in [4.69, 9.17) is 0 Å². The van der Waals surface area contributed by atoms with Crippen LogP contribution in [0.25, 0.3) is 0 Å². The molecule has 1 aliphatic heterocycles. The molecule has 0 aromatic heterocycles. The SMILES string of the molecule is CC(C)C1CC(=O)NN=C1c1ccccc1. The van der Waals surface area contributed by atoms with Crippen LogP contribution in [0.2, 0.25) is 0 Å². The van der Waals surface area contributed by atoms with Crippen LogP contribution in [-0.4, -0.2) is 11.6 Å². The highest BCUT2D eigenvalue weighted by atomic mass is 16.2. The summed E-state index contributed by atoms with van der Waals surface area (Å²) in [6.45, 7) is 4.25. The molecule has 1 N–H and O–H groups in total. The van der Waals surface area contributed by atoms with E-state index in [0.717, 1.165) is 11.3 Å². The second-order valence-electron chi connectivity index (χ2n) is 4.45. The third-order valence-corrected chi connectivity index (χ3v) is 2.93. The van der Waals surface area contributed by atoms with Gasteiger partial charge in [-0.05, 0) is 11.5 Å². The molecule has 84 valence electrons. The van der Waals surface area contributed by atoms with Gasteiger partial charge in [-0.25, -0.2) is 5.43 Å². The summed E-state index contributed by atoms with van der Waals surface area (Å²) < 4.78 is 0. The fraction of sp³-hybridized carbons (Fsp3) is 0.385. The van der Waals surface area contributed by atoms with Crippen molar-refractivity contribution in [2.75, 3.05) is 0 Å². The van der Waals surface area contributed by atoms with Gasteiger partial charge in [0.15, 0.2) is 0 Å². The second-order valence-corrected chi connectivity index (χ2v) is 4.45. The number of carbonyl (C=O) groups is 1. The first-order chi connectivity index (χ1) is 7.68. The molecule has 1 heterocycles. The predicted octanol–water partition coefficient (Wildman–Crippen LogP) is 2.18. The van der Waals surface area contributed by atoms with E-state index in [0.29, 0.717) is 12.3 Å². The quantitative estimate of drug-likeness (QED) is 0.808. The lowest BCUT2D eigenvalue weighted by molar-refractivity contribution is -0.122. The minimum Gasteiger partial charge on any atom is -0.273 e. The molecule has 0 bridgehead atoms. The van der Waals surface area contributed by atoms with Crippen LogP contribution < -0.4 is 5.43 Å². The summed E-state index contributed by atoms with van der Waals surface area (Å²) in [5.74, 6) is 0.652. The van der Waals surface area contributed by atoms with Crippen molar-refractivity contribution >= 4 is 11.6 Å². The van der Waals surface area contributed by atoms with Gasteiger partial charge < -0.3 is 0 Å². The summed E-state index contributed by atoms with van der Waals surface area (Å²) in [4.78, 5) is 11.3. The van der Waals surface area contributed by atoms with Gasteiger partial charge in [0.05, 0.1) is 5.71 Å². The van der Waals surface area contributed by atoms with E-state index < -0.39 is 0 Å². The lowest BCUT2D eigenvalue weighted by Crippen LogP contribution is -2.35. The van der Waals surface area contributed by atoms with E-state index in [9.17, 15) is 4.79 Å². The molecule has 3 heteroatoms. The van der Waals surface area contributed by atoms with Gasteiger partial charge in [0, 0.05) is 12.3 Å². The number of amides is 1. The van der Waals surface area contributed by atoms with Crippen molar-refractivity contribution in [1.29, 1.82) is 0 Å². The molecule has 1 amide bonds. The number of benzene rings is 1. The minimum atomic E-state index is 0.0124. The average molecular weight is 216 g/mol. The number of hydrogen-bond donors (Lipinski definition) is 1. The first-order valence-corrected chi connectivity index (χ1v) is 5.60. The summed E-state index contributed by atoms with van der Waals surface area (Å²) in [5.41, 5.74) is 4.66. The van der Waals surface area contributed by atoms with Gasteiger partial charge in [0.1, 0.15) is 0 Å². The Hall–Kier alpha value is -1.64. The molecule has 0 saturated heterocycles. The molecule has 1 atom stereocenters. The molecule has 0 saturated carbocycles. The summed E-state index contributed by atoms with van der Waals surface area (Å²) in [7, 11) is 0. The Morgan fingerprint density at radius 3 is 2.62 bits per heavy atom. The Balaban J connectivity index is 2.34. The molecule has 0 aliphatic carbocycles. The van der Waals surface area contributed by atoms with Gasteiger partial charge in [-0.1, -0.05) is 44.2 Å². The van der Waals surface area contributed by atoms with Crippen molar-refractivity contribution in [2.24, 2.45) is 16.9 Å². The van der Waals surface area contributed by atoms with Crippen LogP contribution in [-0.2, 0) is 4.79 Å². The largest absolute Gasteiger partial charge is 0.273 e. The number of hydrogen-bond acceptors (Lipinski definition) is 2. The van der Waals surface area contributed by atoms with Crippen LogP contribution in [0.4, 0.5) is 0 Å². The van der Waals surface area contributed by atoms with Crippen LogP contribution in [0, 0.1) is 11.8 Å². The van der Waals surface area contributed by atoms with Gasteiger partial charge in [-0.2, -0.15) is 5.10 Å². The minimum absolute atomic E-state index is 0.0124. The van der Waals surface area contributed by atoms with E-state index in [-0.39, 0.29) is 11.8 Å². The molecule has 2 rings (SSSR count). The van der Waals surface area contributed by atoms with Crippen molar-refractivity contribution in [3.63, 3.8) is 0 Å². The van der Waals surface area contributed by atoms with Crippen LogP contribution in [0.15, 0.2) is 35.4 Å². The molecule has 1 aliphatic rings. The van der Waals surface area contributed by atoms with Crippen molar-refractivity contribution < 1.29 is 4.79 Å². The molecule has 0 spiro atoms. The van der Waals surface area contributed by atoms with Gasteiger partial charge >= 0.3 is 0 Å². The van der Waals surface area contributed by atoms with Crippen LogP contribution in [0.1, 0.15) is 25.8 Å². The monoisotopic (exact) mass is 216 g/mol. The van der Waals surface area contributed by atoms with Crippen molar-refractivity contribution in [2.45, 2.75) is 20.3 Å². The first kappa shape index (κ1) is 10.9. The van der Waals surface area contributed by atoms with Crippen LogP contribution in [0.5, 0.6) is 0 Å². The van der Waals surface area contributed by atoms with Crippen molar-refractivity contribution in [3.05, 3.63) is 35.9 Å². The van der Waals surface area contributed by atoms with Crippen molar-refractivity contribution in [1.82, 2.24) is 5.43 Å². The Bertz CT molecular complexity index is 409. The smallest absolute Gasteiger partial charge is 0.240 e. The maximum atomic E-state index is 11.3. The van der Waals surface area contributed by atoms with Gasteiger partial charge in [-0.15, -0.1) is 0 Å². The zero-order chi connectivity index (χ0) is 11.5. The lowest BCUT2D eigenvalue weighted by atomic mass is 9.84. The third kappa shape index (κ3) is 2.13. The maximum Gasteiger partial charge on any atom is 0.240 e. The molecule has 1 unspecified atom stereocenters. The van der Waals surface area contributed by atoms with E-state index in [1.807, 2.05) is 30.3 Å². The van der Waals surface area contributed by atoms with Gasteiger partial charge in [0.2, 0.25) is 5.91 Å². The molecule has 1 aromatic carbocycles. The average Bonchev–Trinajstić information content (AvgIpc) is 2.30. The zero-order valence-corrected chi connectivity index (χ0v) is 9.60. The summed E-state index contributed by atoms with van der Waals surface area (Å²) >= 11 is 0. The van der Waals surface area contributed by atoms with Crippen molar-refractivity contribution in [3.8, 4) is 0 Å². The highest BCUT2D eigenvalue weighted by Gasteiger charge is 2.27.